The van der Waals surface area contributed by atoms with E-state index in [0.29, 0.717) is 18.8 Å². The third-order valence-corrected chi connectivity index (χ3v) is 2.54. The Kier molecular flexibility index (Phi) is 6.12. The van der Waals surface area contributed by atoms with E-state index >= 15 is 0 Å². The van der Waals surface area contributed by atoms with Crippen molar-refractivity contribution < 1.29 is 4.74 Å². The Bertz CT molecular complexity index is 271. The zero-order chi connectivity index (χ0) is 11.8. The third-order valence-electron chi connectivity index (χ3n) is 2.54. The summed E-state index contributed by atoms with van der Waals surface area (Å²) < 4.78 is 5.87. The fraction of sp³-hybridized carbons (Fsp3) is 0.571. The van der Waals surface area contributed by atoms with Crippen LogP contribution in [-0.4, -0.2) is 18.7 Å². The molecule has 0 heterocycles. The van der Waals surface area contributed by atoms with Crippen molar-refractivity contribution in [2.75, 3.05) is 6.54 Å². The summed E-state index contributed by atoms with van der Waals surface area (Å²) in [6.45, 7) is 8.12. The summed E-state index contributed by atoms with van der Waals surface area (Å²) in [5.41, 5.74) is 1.24. The summed E-state index contributed by atoms with van der Waals surface area (Å²) in [5, 5.41) is 3.41. The molecule has 0 aliphatic carbocycles. The summed E-state index contributed by atoms with van der Waals surface area (Å²) in [7, 11) is 0. The van der Waals surface area contributed by atoms with Gasteiger partial charge in [0.15, 0.2) is 0 Å². The first-order valence-corrected chi connectivity index (χ1v) is 6.11. The second-order valence-electron chi connectivity index (χ2n) is 4.39. The highest BCUT2D eigenvalue weighted by molar-refractivity contribution is 5.13. The Morgan fingerprint density at radius 1 is 1.19 bits per heavy atom. The van der Waals surface area contributed by atoms with E-state index in [-0.39, 0.29) is 0 Å². The summed E-state index contributed by atoms with van der Waals surface area (Å²) in [5.74, 6) is 0. The highest BCUT2D eigenvalue weighted by atomic mass is 16.5. The Balaban J connectivity index is 2.28. The number of nitrogens with one attached hydrogen (secondary N) is 1. The van der Waals surface area contributed by atoms with Gasteiger partial charge in [0.2, 0.25) is 0 Å². The number of ether oxygens (including phenoxy) is 1. The fourth-order valence-electron chi connectivity index (χ4n) is 1.48. The van der Waals surface area contributed by atoms with Crippen LogP contribution in [-0.2, 0) is 11.3 Å². The van der Waals surface area contributed by atoms with Crippen LogP contribution in [0.3, 0.4) is 0 Å². The first kappa shape index (κ1) is 13.2. The van der Waals surface area contributed by atoms with Crippen molar-refractivity contribution >= 4 is 0 Å². The van der Waals surface area contributed by atoms with Crippen molar-refractivity contribution in [1.29, 1.82) is 0 Å². The summed E-state index contributed by atoms with van der Waals surface area (Å²) in [6, 6.07) is 10.8. The zero-order valence-electron chi connectivity index (χ0n) is 10.6. The Labute approximate surface area is 99.0 Å². The molecule has 0 saturated carbocycles. The largest absolute Gasteiger partial charge is 0.372 e. The topological polar surface area (TPSA) is 21.3 Å². The van der Waals surface area contributed by atoms with Gasteiger partial charge in [-0.25, -0.2) is 0 Å². The van der Waals surface area contributed by atoms with Crippen LogP contribution >= 0.6 is 0 Å². The van der Waals surface area contributed by atoms with Gasteiger partial charge < -0.3 is 10.1 Å². The van der Waals surface area contributed by atoms with Crippen LogP contribution in [0.5, 0.6) is 0 Å². The van der Waals surface area contributed by atoms with Crippen LogP contribution in [0, 0.1) is 0 Å². The van der Waals surface area contributed by atoms with Gasteiger partial charge in [0.25, 0.3) is 0 Å². The minimum absolute atomic E-state index is 0.308. The first-order valence-electron chi connectivity index (χ1n) is 6.11. The average Bonchev–Trinajstić information content (AvgIpc) is 2.30. The monoisotopic (exact) mass is 221 g/mol. The molecule has 1 aromatic carbocycles. The molecule has 1 aromatic rings. The van der Waals surface area contributed by atoms with Gasteiger partial charge in [-0.1, -0.05) is 51.1 Å². The summed E-state index contributed by atoms with van der Waals surface area (Å²) in [6.07, 6.45) is 1.36. The molecular weight excluding hydrogens is 198 g/mol. The van der Waals surface area contributed by atoms with Gasteiger partial charge in [0.1, 0.15) is 0 Å². The van der Waals surface area contributed by atoms with Crippen LogP contribution in [0.4, 0.5) is 0 Å². The lowest BCUT2D eigenvalue weighted by Gasteiger charge is -2.18. The van der Waals surface area contributed by atoms with Crippen LogP contribution in [0.1, 0.15) is 32.8 Å². The van der Waals surface area contributed by atoms with Crippen molar-refractivity contribution in [3.05, 3.63) is 35.9 Å². The van der Waals surface area contributed by atoms with Crippen molar-refractivity contribution in [2.45, 2.75) is 45.9 Å². The van der Waals surface area contributed by atoms with Crippen molar-refractivity contribution in [2.24, 2.45) is 0 Å². The Morgan fingerprint density at radius 3 is 2.44 bits per heavy atom. The number of benzene rings is 1. The lowest BCUT2D eigenvalue weighted by atomic mass is 10.2. The van der Waals surface area contributed by atoms with Gasteiger partial charge in [-0.2, -0.15) is 0 Å². The van der Waals surface area contributed by atoms with E-state index in [0.717, 1.165) is 13.0 Å². The maximum Gasteiger partial charge on any atom is 0.0721 e. The lowest BCUT2D eigenvalue weighted by molar-refractivity contribution is 0.0372. The van der Waals surface area contributed by atoms with Crippen LogP contribution < -0.4 is 5.32 Å². The lowest BCUT2D eigenvalue weighted by Crippen LogP contribution is -2.33. The predicted octanol–water partition coefficient (Wildman–Crippen LogP) is 2.98. The Morgan fingerprint density at radius 2 is 1.88 bits per heavy atom. The van der Waals surface area contributed by atoms with E-state index in [2.05, 4.69) is 38.2 Å². The minimum Gasteiger partial charge on any atom is -0.372 e. The normalized spacial score (nSPS) is 13.0. The van der Waals surface area contributed by atoms with Gasteiger partial charge >= 0.3 is 0 Å². The van der Waals surface area contributed by atoms with Crippen LogP contribution in [0.15, 0.2) is 30.3 Å². The molecule has 1 unspecified atom stereocenters. The highest BCUT2D eigenvalue weighted by Gasteiger charge is 2.06. The van der Waals surface area contributed by atoms with E-state index in [4.69, 9.17) is 4.74 Å². The van der Waals surface area contributed by atoms with Crippen LogP contribution in [0.2, 0.25) is 0 Å². The molecule has 0 radical (unpaired) electrons. The summed E-state index contributed by atoms with van der Waals surface area (Å²) >= 11 is 0. The minimum atomic E-state index is 0.308. The molecule has 90 valence electrons. The second kappa shape index (κ2) is 7.42. The van der Waals surface area contributed by atoms with E-state index in [1.54, 1.807) is 0 Å². The molecule has 0 fully saturated rings. The van der Waals surface area contributed by atoms with Crippen molar-refractivity contribution in [1.82, 2.24) is 5.32 Å². The molecule has 1 rings (SSSR count). The number of rotatable bonds is 7. The third kappa shape index (κ3) is 5.29. The molecule has 2 nitrogen and oxygen atoms in total. The first-order chi connectivity index (χ1) is 7.72. The maximum atomic E-state index is 5.87. The van der Waals surface area contributed by atoms with Gasteiger partial charge in [-0.3, -0.25) is 0 Å². The van der Waals surface area contributed by atoms with Gasteiger partial charge in [0, 0.05) is 12.6 Å². The fourth-order valence-corrected chi connectivity index (χ4v) is 1.48. The molecule has 2 heteroatoms. The zero-order valence-corrected chi connectivity index (χ0v) is 10.6. The molecule has 0 aliphatic heterocycles. The van der Waals surface area contributed by atoms with E-state index < -0.39 is 0 Å². The molecule has 1 atom stereocenters. The number of hydrogen-bond acceptors (Lipinski definition) is 2. The van der Waals surface area contributed by atoms with Gasteiger partial charge in [0.05, 0.1) is 12.7 Å². The molecule has 0 aliphatic rings. The average molecular weight is 221 g/mol. The van der Waals surface area contributed by atoms with E-state index in [1.165, 1.54) is 5.56 Å². The molecule has 0 amide bonds. The highest BCUT2D eigenvalue weighted by Crippen LogP contribution is 2.05. The molecule has 0 saturated heterocycles. The molecule has 0 bridgehead atoms. The summed E-state index contributed by atoms with van der Waals surface area (Å²) in [4.78, 5) is 0. The smallest absolute Gasteiger partial charge is 0.0721 e. The molecule has 16 heavy (non-hydrogen) atoms. The van der Waals surface area contributed by atoms with Crippen LogP contribution in [0.25, 0.3) is 0 Å². The maximum absolute atomic E-state index is 5.87. The molecular formula is C14H23NO. The van der Waals surface area contributed by atoms with E-state index in [9.17, 15) is 0 Å². The SMILES string of the molecule is CCC(CNC(C)C)OCc1ccccc1. The molecule has 0 spiro atoms. The predicted molar refractivity (Wildman–Crippen MR) is 68.4 cm³/mol. The Hall–Kier alpha value is -0.860. The van der Waals surface area contributed by atoms with E-state index in [1.807, 2.05) is 18.2 Å². The van der Waals surface area contributed by atoms with Crippen molar-refractivity contribution in [3.8, 4) is 0 Å². The second-order valence-corrected chi connectivity index (χ2v) is 4.39. The number of hydrogen-bond donors (Lipinski definition) is 1. The molecule has 0 aromatic heterocycles. The molecule has 1 N–H and O–H groups in total. The quantitative estimate of drug-likeness (QED) is 0.764. The van der Waals surface area contributed by atoms with Crippen molar-refractivity contribution in [3.63, 3.8) is 0 Å². The van der Waals surface area contributed by atoms with Gasteiger partial charge in [-0.15, -0.1) is 0 Å². The van der Waals surface area contributed by atoms with Gasteiger partial charge in [-0.05, 0) is 12.0 Å². The standard InChI is InChI=1S/C14H23NO/c1-4-14(10-15-12(2)3)16-11-13-8-6-5-7-9-13/h5-9,12,14-15H,4,10-11H2,1-3H3.